The van der Waals surface area contributed by atoms with Crippen LogP contribution in [0.5, 0.6) is 11.5 Å². The molecule has 2 atom stereocenters. The molecule has 5 nitrogen and oxygen atoms in total. The van der Waals surface area contributed by atoms with Crippen molar-refractivity contribution in [1.82, 2.24) is 5.32 Å². The van der Waals surface area contributed by atoms with Crippen molar-refractivity contribution in [2.24, 2.45) is 0 Å². The van der Waals surface area contributed by atoms with Gasteiger partial charge in [0.05, 0.1) is 13.7 Å². The largest absolute Gasteiger partial charge is 0.493 e. The van der Waals surface area contributed by atoms with Crippen molar-refractivity contribution < 1.29 is 14.6 Å². The molecule has 25 heavy (non-hydrogen) atoms. The van der Waals surface area contributed by atoms with Gasteiger partial charge in [-0.1, -0.05) is 12.8 Å². The summed E-state index contributed by atoms with van der Waals surface area (Å²) in [6.07, 6.45) is 9.14. The van der Waals surface area contributed by atoms with E-state index in [1.165, 1.54) is 50.6 Å². The van der Waals surface area contributed by atoms with E-state index < -0.39 is 0 Å². The lowest BCUT2D eigenvalue weighted by Gasteiger charge is -2.58. The fraction of sp³-hybridized carbons (Fsp3) is 0.700. The Morgan fingerprint density at radius 2 is 2.04 bits per heavy atom. The Bertz CT molecular complexity index is 603. The van der Waals surface area contributed by atoms with Gasteiger partial charge in [-0.15, -0.1) is 0 Å². The molecule has 5 heteroatoms. The fourth-order valence-electron chi connectivity index (χ4n) is 4.83. The third-order valence-corrected chi connectivity index (χ3v) is 6.23. The number of benzene rings is 1. The number of anilines is 1. The number of methoxy groups -OCH3 is 1. The molecular formula is C20H30N2O3. The van der Waals surface area contributed by atoms with Gasteiger partial charge in [0.25, 0.3) is 0 Å². The van der Waals surface area contributed by atoms with Crippen molar-refractivity contribution in [1.29, 1.82) is 0 Å². The lowest BCUT2D eigenvalue weighted by molar-refractivity contribution is 0.105. The minimum Gasteiger partial charge on any atom is -0.493 e. The zero-order chi connectivity index (χ0) is 17.3. The van der Waals surface area contributed by atoms with Crippen LogP contribution in [0, 0.1) is 0 Å². The molecule has 1 aromatic carbocycles. The Morgan fingerprint density at radius 3 is 2.76 bits per heavy atom. The lowest BCUT2D eigenvalue weighted by atomic mass is 9.71. The number of fused-ring (bicyclic) bond motifs is 1. The van der Waals surface area contributed by atoms with Crippen LogP contribution in [-0.4, -0.2) is 49.6 Å². The molecule has 0 amide bonds. The minimum absolute atomic E-state index is 0.00890. The van der Waals surface area contributed by atoms with Crippen molar-refractivity contribution in [3.63, 3.8) is 0 Å². The van der Waals surface area contributed by atoms with Gasteiger partial charge in [0.2, 0.25) is 0 Å². The quantitative estimate of drug-likeness (QED) is 0.859. The Kier molecular flexibility index (Phi) is 4.78. The Hall–Kier alpha value is -1.46. The van der Waals surface area contributed by atoms with Gasteiger partial charge in [-0.2, -0.15) is 0 Å². The van der Waals surface area contributed by atoms with Crippen LogP contribution in [-0.2, 0) is 0 Å². The summed E-state index contributed by atoms with van der Waals surface area (Å²) in [5, 5.41) is 13.0. The molecule has 3 aliphatic rings. The average Bonchev–Trinajstić information content (AvgIpc) is 2.64. The highest BCUT2D eigenvalue weighted by Gasteiger charge is 2.48. The summed E-state index contributed by atoms with van der Waals surface area (Å²) in [4.78, 5) is 2.62. The molecule has 1 saturated heterocycles. The van der Waals surface area contributed by atoms with Crippen LogP contribution < -0.4 is 19.7 Å². The number of nitrogens with one attached hydrogen (secondary N) is 1. The zero-order valence-corrected chi connectivity index (χ0v) is 15.2. The van der Waals surface area contributed by atoms with Crippen LogP contribution in [0.3, 0.4) is 0 Å². The van der Waals surface area contributed by atoms with Gasteiger partial charge < -0.3 is 24.8 Å². The zero-order valence-electron chi connectivity index (χ0n) is 15.2. The van der Waals surface area contributed by atoms with Gasteiger partial charge in [0.15, 0.2) is 11.5 Å². The molecular weight excluding hydrogens is 316 g/mol. The number of ether oxygens (including phenoxy) is 2. The topological polar surface area (TPSA) is 54.0 Å². The van der Waals surface area contributed by atoms with Gasteiger partial charge >= 0.3 is 0 Å². The maximum Gasteiger partial charge on any atom is 0.162 e. The van der Waals surface area contributed by atoms with Crippen molar-refractivity contribution >= 4 is 5.69 Å². The van der Waals surface area contributed by atoms with E-state index in [-0.39, 0.29) is 13.2 Å². The molecule has 0 unspecified atom stereocenters. The first kappa shape index (κ1) is 17.0. The number of rotatable bonds is 5. The first-order chi connectivity index (χ1) is 12.2. The van der Waals surface area contributed by atoms with Gasteiger partial charge in [0.1, 0.15) is 6.61 Å². The van der Waals surface area contributed by atoms with Crippen LogP contribution in [0.15, 0.2) is 18.2 Å². The maximum absolute atomic E-state index is 8.99. The molecule has 2 saturated carbocycles. The normalized spacial score (nSPS) is 27.5. The van der Waals surface area contributed by atoms with Gasteiger partial charge in [0, 0.05) is 35.9 Å². The second-order valence-electron chi connectivity index (χ2n) is 7.77. The SMILES string of the molecule is COc1cc(N2CC3(CCC3)N[C@H]3CCCC[C@@H]32)ccc1OCCO. The van der Waals surface area contributed by atoms with E-state index in [1.54, 1.807) is 7.11 Å². The van der Waals surface area contributed by atoms with E-state index in [0.717, 1.165) is 12.3 Å². The number of nitrogens with zero attached hydrogens (tertiary/aromatic N) is 1. The molecule has 1 aliphatic heterocycles. The summed E-state index contributed by atoms with van der Waals surface area (Å²) < 4.78 is 11.1. The van der Waals surface area contributed by atoms with E-state index >= 15 is 0 Å². The van der Waals surface area contributed by atoms with Crippen LogP contribution in [0.4, 0.5) is 5.69 Å². The Morgan fingerprint density at radius 1 is 1.20 bits per heavy atom. The number of hydrogen-bond donors (Lipinski definition) is 2. The highest BCUT2D eigenvalue weighted by atomic mass is 16.5. The predicted octanol–water partition coefficient (Wildman–Crippen LogP) is 2.71. The molecule has 1 spiro atoms. The summed E-state index contributed by atoms with van der Waals surface area (Å²) in [6, 6.07) is 7.43. The monoisotopic (exact) mass is 346 g/mol. The Labute approximate surface area is 150 Å². The molecule has 0 radical (unpaired) electrons. The molecule has 4 rings (SSSR count). The van der Waals surface area contributed by atoms with Crippen molar-refractivity contribution in [3.05, 3.63) is 18.2 Å². The van der Waals surface area contributed by atoms with Gasteiger partial charge in [-0.3, -0.25) is 0 Å². The highest BCUT2D eigenvalue weighted by Crippen LogP contribution is 2.43. The number of hydrogen-bond acceptors (Lipinski definition) is 5. The fourth-order valence-corrected chi connectivity index (χ4v) is 4.83. The van der Waals surface area contributed by atoms with Crippen LogP contribution in [0.1, 0.15) is 44.9 Å². The molecule has 138 valence electrons. The van der Waals surface area contributed by atoms with Gasteiger partial charge in [-0.25, -0.2) is 0 Å². The molecule has 0 aromatic heterocycles. The highest BCUT2D eigenvalue weighted by molar-refractivity contribution is 5.58. The summed E-state index contributed by atoms with van der Waals surface area (Å²) >= 11 is 0. The van der Waals surface area contributed by atoms with Crippen molar-refractivity contribution in [3.8, 4) is 11.5 Å². The third-order valence-electron chi connectivity index (χ3n) is 6.23. The molecule has 1 aromatic rings. The first-order valence-electron chi connectivity index (χ1n) is 9.71. The summed E-state index contributed by atoms with van der Waals surface area (Å²) in [5.74, 6) is 1.45. The second kappa shape index (κ2) is 7.04. The Balaban J connectivity index is 1.61. The third kappa shape index (κ3) is 3.20. The van der Waals surface area contributed by atoms with E-state index in [0.29, 0.717) is 23.4 Å². The molecule has 2 aliphatic carbocycles. The van der Waals surface area contributed by atoms with E-state index in [1.807, 2.05) is 6.07 Å². The van der Waals surface area contributed by atoms with E-state index in [9.17, 15) is 0 Å². The van der Waals surface area contributed by atoms with Crippen LogP contribution >= 0.6 is 0 Å². The van der Waals surface area contributed by atoms with E-state index in [2.05, 4.69) is 22.3 Å². The lowest BCUT2D eigenvalue weighted by Crippen LogP contribution is -2.72. The number of piperazine rings is 1. The van der Waals surface area contributed by atoms with Crippen LogP contribution in [0.2, 0.25) is 0 Å². The summed E-state index contributed by atoms with van der Waals surface area (Å²) in [5.41, 5.74) is 1.55. The number of aliphatic hydroxyl groups excluding tert-OH is 1. The van der Waals surface area contributed by atoms with Crippen molar-refractivity contribution in [2.45, 2.75) is 62.6 Å². The number of aliphatic hydroxyl groups is 1. The summed E-state index contributed by atoms with van der Waals surface area (Å²) in [6.45, 7) is 1.39. The molecule has 0 bridgehead atoms. The van der Waals surface area contributed by atoms with Crippen molar-refractivity contribution in [2.75, 3.05) is 31.8 Å². The smallest absolute Gasteiger partial charge is 0.162 e. The van der Waals surface area contributed by atoms with Gasteiger partial charge in [-0.05, 0) is 44.2 Å². The van der Waals surface area contributed by atoms with Crippen LogP contribution in [0.25, 0.3) is 0 Å². The maximum atomic E-state index is 8.99. The first-order valence-corrected chi connectivity index (χ1v) is 9.71. The molecule has 2 N–H and O–H groups in total. The minimum atomic E-state index is 0.00890. The van der Waals surface area contributed by atoms with E-state index in [4.69, 9.17) is 14.6 Å². The average molecular weight is 346 g/mol. The molecule has 3 fully saturated rings. The molecule has 1 heterocycles. The summed E-state index contributed by atoms with van der Waals surface area (Å²) in [7, 11) is 1.68. The second-order valence-corrected chi connectivity index (χ2v) is 7.77. The standard InChI is InChI=1S/C20H30N2O3/c1-24-19-13-15(7-8-18(19)25-12-11-23)22-14-20(9-4-10-20)21-16-5-2-3-6-17(16)22/h7-8,13,16-17,21,23H,2-6,9-12,14H2,1H3/t16-,17-/m0/s1. The predicted molar refractivity (Wildman–Crippen MR) is 98.7 cm³/mol.